The van der Waals surface area contributed by atoms with Gasteiger partial charge in [0.1, 0.15) is 12.4 Å². The van der Waals surface area contributed by atoms with Gasteiger partial charge in [-0.1, -0.05) is 30.3 Å². The van der Waals surface area contributed by atoms with Gasteiger partial charge in [-0.25, -0.2) is 0 Å². The molecule has 0 saturated heterocycles. The minimum Gasteiger partial charge on any atom is -0.489 e. The molecule has 20 heavy (non-hydrogen) atoms. The van der Waals surface area contributed by atoms with Crippen molar-refractivity contribution < 1.29 is 9.53 Å². The number of hydrogen-bond donors (Lipinski definition) is 1. The maximum atomic E-state index is 11.5. The van der Waals surface area contributed by atoms with E-state index in [1.165, 1.54) is 0 Å². The van der Waals surface area contributed by atoms with Crippen LogP contribution in [0, 0.1) is 0 Å². The fourth-order valence-corrected chi connectivity index (χ4v) is 2.38. The number of carbonyl (C=O) groups excluding carboxylic acids is 1. The summed E-state index contributed by atoms with van der Waals surface area (Å²) in [5.74, 6) is 0.949. The summed E-state index contributed by atoms with van der Waals surface area (Å²) < 4.78 is 5.81. The third kappa shape index (κ3) is 2.99. The van der Waals surface area contributed by atoms with Gasteiger partial charge < -0.3 is 10.1 Å². The van der Waals surface area contributed by atoms with Crippen LogP contribution in [0.4, 0.5) is 5.69 Å². The zero-order valence-corrected chi connectivity index (χ0v) is 11.3. The van der Waals surface area contributed by atoms with Crippen molar-refractivity contribution in [3.8, 4) is 5.75 Å². The van der Waals surface area contributed by atoms with Crippen LogP contribution < -0.4 is 10.1 Å². The van der Waals surface area contributed by atoms with Crippen LogP contribution in [0.25, 0.3) is 0 Å². The first kappa shape index (κ1) is 12.7. The number of amides is 1. The average Bonchev–Trinajstić information content (AvgIpc) is 2.66. The zero-order valence-electron chi connectivity index (χ0n) is 11.3. The molecule has 0 atom stereocenters. The van der Waals surface area contributed by atoms with Crippen LogP contribution in [0.1, 0.15) is 24.0 Å². The molecule has 0 radical (unpaired) electrons. The molecule has 0 bridgehead atoms. The van der Waals surface area contributed by atoms with E-state index in [9.17, 15) is 4.79 Å². The van der Waals surface area contributed by atoms with Gasteiger partial charge in [-0.15, -0.1) is 0 Å². The quantitative estimate of drug-likeness (QED) is 0.923. The number of hydrogen-bond acceptors (Lipinski definition) is 2. The molecule has 0 unspecified atom stereocenters. The summed E-state index contributed by atoms with van der Waals surface area (Å²) in [4.78, 5) is 11.5. The summed E-state index contributed by atoms with van der Waals surface area (Å²) in [6, 6.07) is 16.0. The molecule has 0 spiro atoms. The molecule has 1 N–H and O–H groups in total. The Hall–Kier alpha value is -2.29. The standard InChI is InChI=1S/C17H17NO2/c19-17-8-4-7-14-11-15(9-10-16(14)18-17)20-12-13-5-2-1-3-6-13/h1-3,5-6,9-11H,4,7-8,12H2,(H,18,19). The van der Waals surface area contributed by atoms with Crippen LogP contribution >= 0.6 is 0 Å². The van der Waals surface area contributed by atoms with E-state index in [1.54, 1.807) is 0 Å². The summed E-state index contributed by atoms with van der Waals surface area (Å²) >= 11 is 0. The fourth-order valence-electron chi connectivity index (χ4n) is 2.38. The minimum absolute atomic E-state index is 0.0988. The Balaban J connectivity index is 1.72. The molecule has 102 valence electrons. The molecule has 3 heteroatoms. The molecule has 2 aromatic rings. The summed E-state index contributed by atoms with van der Waals surface area (Å²) in [6.45, 7) is 0.561. The van der Waals surface area contributed by atoms with E-state index in [2.05, 4.69) is 5.32 Å². The van der Waals surface area contributed by atoms with E-state index in [0.29, 0.717) is 13.0 Å². The smallest absolute Gasteiger partial charge is 0.224 e. The van der Waals surface area contributed by atoms with Crippen LogP contribution in [-0.4, -0.2) is 5.91 Å². The molecule has 2 aromatic carbocycles. The summed E-state index contributed by atoms with van der Waals surface area (Å²) in [5.41, 5.74) is 3.22. The summed E-state index contributed by atoms with van der Waals surface area (Å²) in [5, 5.41) is 2.93. The zero-order chi connectivity index (χ0) is 13.8. The topological polar surface area (TPSA) is 38.3 Å². The Labute approximate surface area is 118 Å². The first-order valence-electron chi connectivity index (χ1n) is 6.91. The molecular weight excluding hydrogens is 250 g/mol. The largest absolute Gasteiger partial charge is 0.489 e. The number of rotatable bonds is 3. The number of nitrogens with one attached hydrogen (secondary N) is 1. The highest BCUT2D eigenvalue weighted by Crippen LogP contribution is 2.26. The van der Waals surface area contributed by atoms with Crippen LogP contribution in [0.15, 0.2) is 48.5 Å². The molecule has 0 aliphatic carbocycles. The lowest BCUT2D eigenvalue weighted by molar-refractivity contribution is -0.116. The molecule has 0 saturated carbocycles. The number of anilines is 1. The van der Waals surface area contributed by atoms with Gasteiger partial charge in [0.25, 0.3) is 0 Å². The first-order valence-corrected chi connectivity index (χ1v) is 6.91. The van der Waals surface area contributed by atoms with Crippen LogP contribution in [-0.2, 0) is 17.8 Å². The fraction of sp³-hybridized carbons (Fsp3) is 0.235. The van der Waals surface area contributed by atoms with E-state index < -0.39 is 0 Å². The molecule has 3 nitrogen and oxygen atoms in total. The van der Waals surface area contributed by atoms with Crippen molar-refractivity contribution >= 4 is 11.6 Å². The van der Waals surface area contributed by atoms with Gasteiger partial charge in [-0.05, 0) is 42.2 Å². The Bertz CT molecular complexity index is 608. The summed E-state index contributed by atoms with van der Waals surface area (Å²) in [6.07, 6.45) is 2.40. The van der Waals surface area contributed by atoms with Gasteiger partial charge >= 0.3 is 0 Å². The minimum atomic E-state index is 0.0988. The number of carbonyl (C=O) groups is 1. The van der Waals surface area contributed by atoms with Crippen molar-refractivity contribution in [3.05, 3.63) is 59.7 Å². The maximum absolute atomic E-state index is 11.5. The first-order chi connectivity index (χ1) is 9.81. The average molecular weight is 267 g/mol. The second-order valence-corrected chi connectivity index (χ2v) is 4.99. The second kappa shape index (κ2) is 5.78. The Morgan fingerprint density at radius 2 is 1.90 bits per heavy atom. The molecule has 1 aliphatic heterocycles. The SMILES string of the molecule is O=C1CCCc2cc(OCc3ccccc3)ccc2N1. The summed E-state index contributed by atoms with van der Waals surface area (Å²) in [7, 11) is 0. The molecule has 1 heterocycles. The molecule has 3 rings (SSSR count). The van der Waals surface area contributed by atoms with E-state index in [1.807, 2.05) is 48.5 Å². The highest BCUT2D eigenvalue weighted by atomic mass is 16.5. The molecule has 0 fully saturated rings. The molecule has 1 aliphatic rings. The lowest BCUT2D eigenvalue weighted by Gasteiger charge is -2.11. The van der Waals surface area contributed by atoms with E-state index >= 15 is 0 Å². The van der Waals surface area contributed by atoms with Gasteiger partial charge in [0.15, 0.2) is 0 Å². The third-order valence-corrected chi connectivity index (χ3v) is 3.45. The number of benzene rings is 2. The van der Waals surface area contributed by atoms with Gasteiger partial charge in [-0.3, -0.25) is 4.79 Å². The Morgan fingerprint density at radius 1 is 1.05 bits per heavy atom. The van der Waals surface area contributed by atoms with E-state index in [4.69, 9.17) is 4.74 Å². The molecule has 1 amide bonds. The van der Waals surface area contributed by atoms with Crippen molar-refractivity contribution in [2.24, 2.45) is 0 Å². The van der Waals surface area contributed by atoms with Crippen LogP contribution in [0.3, 0.4) is 0 Å². The van der Waals surface area contributed by atoms with E-state index in [0.717, 1.165) is 35.4 Å². The Morgan fingerprint density at radius 3 is 2.75 bits per heavy atom. The third-order valence-electron chi connectivity index (χ3n) is 3.45. The van der Waals surface area contributed by atoms with Crippen molar-refractivity contribution in [3.63, 3.8) is 0 Å². The highest BCUT2D eigenvalue weighted by molar-refractivity contribution is 5.92. The normalized spacial score (nSPS) is 14.1. The molecular formula is C17H17NO2. The van der Waals surface area contributed by atoms with Crippen molar-refractivity contribution in [2.75, 3.05) is 5.32 Å². The predicted molar refractivity (Wildman–Crippen MR) is 78.8 cm³/mol. The Kier molecular flexibility index (Phi) is 3.68. The lowest BCUT2D eigenvalue weighted by atomic mass is 10.1. The van der Waals surface area contributed by atoms with E-state index in [-0.39, 0.29) is 5.91 Å². The number of aryl methyl sites for hydroxylation is 1. The second-order valence-electron chi connectivity index (χ2n) is 4.99. The van der Waals surface area contributed by atoms with Gasteiger partial charge in [-0.2, -0.15) is 0 Å². The maximum Gasteiger partial charge on any atom is 0.224 e. The van der Waals surface area contributed by atoms with Crippen molar-refractivity contribution in [1.82, 2.24) is 0 Å². The van der Waals surface area contributed by atoms with Crippen LogP contribution in [0.2, 0.25) is 0 Å². The predicted octanol–water partition coefficient (Wildman–Crippen LogP) is 3.54. The highest BCUT2D eigenvalue weighted by Gasteiger charge is 2.13. The monoisotopic (exact) mass is 267 g/mol. The van der Waals surface area contributed by atoms with Gasteiger partial charge in [0.05, 0.1) is 0 Å². The van der Waals surface area contributed by atoms with Gasteiger partial charge in [0.2, 0.25) is 5.91 Å². The molecule has 0 aromatic heterocycles. The number of ether oxygens (including phenoxy) is 1. The van der Waals surface area contributed by atoms with Crippen molar-refractivity contribution in [2.45, 2.75) is 25.9 Å². The van der Waals surface area contributed by atoms with Crippen molar-refractivity contribution in [1.29, 1.82) is 0 Å². The lowest BCUT2D eigenvalue weighted by Crippen LogP contribution is -2.09. The number of fused-ring (bicyclic) bond motifs is 1. The van der Waals surface area contributed by atoms with Crippen LogP contribution in [0.5, 0.6) is 5.75 Å². The van der Waals surface area contributed by atoms with Gasteiger partial charge in [0, 0.05) is 12.1 Å².